The molecular formula is C20H29NO. The Morgan fingerprint density at radius 2 is 1.91 bits per heavy atom. The molecule has 1 saturated carbocycles. The van der Waals surface area contributed by atoms with E-state index in [0.717, 1.165) is 19.4 Å². The molecule has 120 valence electrons. The fourth-order valence-electron chi connectivity index (χ4n) is 4.66. The second-order valence-electron chi connectivity index (χ2n) is 7.20. The van der Waals surface area contributed by atoms with E-state index in [1.165, 1.54) is 31.2 Å². The van der Waals surface area contributed by atoms with Crippen molar-refractivity contribution in [2.24, 2.45) is 11.8 Å². The Bertz CT molecular complexity index is 498. The molecule has 0 bridgehead atoms. The van der Waals surface area contributed by atoms with Crippen molar-refractivity contribution in [3.8, 4) is 0 Å². The van der Waals surface area contributed by atoms with E-state index < -0.39 is 0 Å². The van der Waals surface area contributed by atoms with E-state index in [2.05, 4.69) is 49.1 Å². The summed E-state index contributed by atoms with van der Waals surface area (Å²) in [6, 6.07) is 12.2. The molecule has 3 rings (SSSR count). The van der Waals surface area contributed by atoms with Crippen LogP contribution in [0, 0.1) is 11.8 Å². The van der Waals surface area contributed by atoms with Crippen molar-refractivity contribution in [3.05, 3.63) is 35.9 Å². The van der Waals surface area contributed by atoms with Gasteiger partial charge in [-0.3, -0.25) is 9.69 Å². The van der Waals surface area contributed by atoms with Crippen LogP contribution < -0.4 is 0 Å². The van der Waals surface area contributed by atoms with Gasteiger partial charge in [0.25, 0.3) is 0 Å². The van der Waals surface area contributed by atoms with Crippen LogP contribution in [0.5, 0.6) is 0 Å². The Morgan fingerprint density at radius 1 is 1.14 bits per heavy atom. The lowest BCUT2D eigenvalue weighted by Crippen LogP contribution is -2.55. The zero-order valence-corrected chi connectivity index (χ0v) is 14.0. The van der Waals surface area contributed by atoms with Crippen LogP contribution in [0.25, 0.3) is 0 Å². The largest absolute Gasteiger partial charge is 0.299 e. The molecule has 1 aromatic carbocycles. The quantitative estimate of drug-likeness (QED) is 0.819. The summed E-state index contributed by atoms with van der Waals surface area (Å²) in [5.41, 5.74) is 1.41. The summed E-state index contributed by atoms with van der Waals surface area (Å²) >= 11 is 0. The summed E-state index contributed by atoms with van der Waals surface area (Å²) < 4.78 is 0. The average Bonchev–Trinajstić information content (AvgIpc) is 2.54. The molecule has 1 unspecified atom stereocenters. The topological polar surface area (TPSA) is 20.3 Å². The van der Waals surface area contributed by atoms with Crippen LogP contribution in [0.1, 0.15) is 57.9 Å². The standard InChI is InChI=1S/C20H29NO/c1-3-7-17-10-11-18-15(2)20(22)13-12-19(18)21(17)14-16-8-5-4-6-9-16/h4-6,8-9,15,17-19H,3,7,10-14H2,1-2H3/t15?,17-,18-,19+/m0/s1. The molecule has 1 heterocycles. The summed E-state index contributed by atoms with van der Waals surface area (Å²) in [6.45, 7) is 5.51. The molecule has 0 amide bonds. The van der Waals surface area contributed by atoms with E-state index in [0.29, 0.717) is 23.8 Å². The number of Topliss-reactive ketones (excluding diaryl/α,β-unsaturated/α-hetero) is 1. The Labute approximate surface area is 134 Å². The summed E-state index contributed by atoms with van der Waals surface area (Å²) in [5, 5.41) is 0. The molecule has 0 N–H and O–H groups in total. The number of hydrogen-bond acceptors (Lipinski definition) is 2. The van der Waals surface area contributed by atoms with Crippen LogP contribution >= 0.6 is 0 Å². The minimum atomic E-state index is 0.264. The van der Waals surface area contributed by atoms with Gasteiger partial charge in [-0.1, -0.05) is 50.6 Å². The SMILES string of the molecule is CCC[C@H]1CC[C@H]2C(C)C(=O)CC[C@H]2N1Cc1ccccc1. The lowest BCUT2D eigenvalue weighted by Gasteiger charge is -2.50. The van der Waals surface area contributed by atoms with Gasteiger partial charge in [0.05, 0.1) is 0 Å². The van der Waals surface area contributed by atoms with E-state index in [1.807, 2.05) is 0 Å². The minimum Gasteiger partial charge on any atom is -0.299 e. The van der Waals surface area contributed by atoms with Gasteiger partial charge in [0, 0.05) is 31.0 Å². The molecule has 1 saturated heterocycles. The van der Waals surface area contributed by atoms with Crippen LogP contribution in [0.4, 0.5) is 0 Å². The second-order valence-corrected chi connectivity index (χ2v) is 7.20. The number of rotatable bonds is 4. The molecule has 2 aliphatic rings. The molecule has 0 aromatic heterocycles. The van der Waals surface area contributed by atoms with E-state index in [-0.39, 0.29) is 5.92 Å². The van der Waals surface area contributed by atoms with Gasteiger partial charge in [0.1, 0.15) is 5.78 Å². The number of piperidine rings is 1. The first-order valence-electron chi connectivity index (χ1n) is 9.03. The monoisotopic (exact) mass is 299 g/mol. The van der Waals surface area contributed by atoms with Gasteiger partial charge in [-0.25, -0.2) is 0 Å². The smallest absolute Gasteiger partial charge is 0.136 e. The van der Waals surface area contributed by atoms with Gasteiger partial charge < -0.3 is 0 Å². The lowest BCUT2D eigenvalue weighted by molar-refractivity contribution is -0.131. The van der Waals surface area contributed by atoms with Crippen molar-refractivity contribution in [1.29, 1.82) is 0 Å². The highest BCUT2D eigenvalue weighted by atomic mass is 16.1. The average molecular weight is 299 g/mol. The molecule has 4 atom stereocenters. The first-order chi connectivity index (χ1) is 10.7. The number of carbonyl (C=O) groups is 1. The highest BCUT2D eigenvalue weighted by molar-refractivity contribution is 5.82. The van der Waals surface area contributed by atoms with Crippen molar-refractivity contribution < 1.29 is 4.79 Å². The molecule has 0 radical (unpaired) electrons. The number of hydrogen-bond donors (Lipinski definition) is 0. The highest BCUT2D eigenvalue weighted by Gasteiger charge is 2.43. The van der Waals surface area contributed by atoms with Gasteiger partial charge in [-0.15, -0.1) is 0 Å². The second kappa shape index (κ2) is 6.95. The van der Waals surface area contributed by atoms with Gasteiger partial charge in [-0.2, -0.15) is 0 Å². The Kier molecular flexibility index (Phi) is 4.97. The fraction of sp³-hybridized carbons (Fsp3) is 0.650. The minimum absolute atomic E-state index is 0.264. The van der Waals surface area contributed by atoms with E-state index in [4.69, 9.17) is 0 Å². The summed E-state index contributed by atoms with van der Waals surface area (Å²) in [4.78, 5) is 14.8. The zero-order chi connectivity index (χ0) is 15.5. The van der Waals surface area contributed by atoms with E-state index in [9.17, 15) is 4.79 Å². The van der Waals surface area contributed by atoms with Crippen LogP contribution in [0.2, 0.25) is 0 Å². The predicted molar refractivity (Wildman–Crippen MR) is 90.6 cm³/mol. The highest BCUT2D eigenvalue weighted by Crippen LogP contribution is 2.41. The number of carbonyl (C=O) groups excluding carboxylic acids is 1. The van der Waals surface area contributed by atoms with Gasteiger partial charge in [0.15, 0.2) is 0 Å². The maximum atomic E-state index is 12.1. The van der Waals surface area contributed by atoms with Gasteiger partial charge in [0.2, 0.25) is 0 Å². The molecule has 1 aromatic rings. The third kappa shape index (κ3) is 3.12. The van der Waals surface area contributed by atoms with Gasteiger partial charge in [-0.05, 0) is 37.2 Å². The van der Waals surface area contributed by atoms with E-state index in [1.54, 1.807) is 0 Å². The Balaban J connectivity index is 1.81. The van der Waals surface area contributed by atoms with Crippen molar-refractivity contribution in [2.75, 3.05) is 0 Å². The fourth-order valence-corrected chi connectivity index (χ4v) is 4.66. The molecule has 2 fully saturated rings. The zero-order valence-electron chi connectivity index (χ0n) is 14.0. The lowest BCUT2D eigenvalue weighted by atomic mass is 9.69. The summed E-state index contributed by atoms with van der Waals surface area (Å²) in [5.74, 6) is 1.34. The predicted octanol–water partition coefficient (Wildman–Crippen LogP) is 4.43. The molecule has 2 heteroatoms. The number of nitrogens with zero attached hydrogens (tertiary/aromatic N) is 1. The number of benzene rings is 1. The Morgan fingerprint density at radius 3 is 2.64 bits per heavy atom. The van der Waals surface area contributed by atoms with Crippen LogP contribution in [-0.2, 0) is 11.3 Å². The molecule has 0 spiro atoms. The van der Waals surface area contributed by atoms with Crippen LogP contribution in [0.3, 0.4) is 0 Å². The van der Waals surface area contributed by atoms with Crippen LogP contribution in [-0.4, -0.2) is 22.8 Å². The first kappa shape index (κ1) is 15.7. The molecular weight excluding hydrogens is 270 g/mol. The van der Waals surface area contributed by atoms with Crippen molar-refractivity contribution in [1.82, 2.24) is 4.90 Å². The van der Waals surface area contributed by atoms with Crippen molar-refractivity contribution in [3.63, 3.8) is 0 Å². The molecule has 2 nitrogen and oxygen atoms in total. The third-order valence-electron chi connectivity index (χ3n) is 5.89. The summed E-state index contributed by atoms with van der Waals surface area (Å²) in [6.07, 6.45) is 6.90. The third-order valence-corrected chi connectivity index (χ3v) is 5.89. The van der Waals surface area contributed by atoms with E-state index >= 15 is 0 Å². The molecule has 22 heavy (non-hydrogen) atoms. The number of likely N-dealkylation sites (tertiary alicyclic amines) is 1. The normalized spacial score (nSPS) is 32.7. The Hall–Kier alpha value is -1.15. The van der Waals surface area contributed by atoms with Crippen molar-refractivity contribution >= 4 is 5.78 Å². The first-order valence-corrected chi connectivity index (χ1v) is 9.03. The number of fused-ring (bicyclic) bond motifs is 1. The van der Waals surface area contributed by atoms with Crippen molar-refractivity contribution in [2.45, 2.75) is 71.0 Å². The maximum Gasteiger partial charge on any atom is 0.136 e. The summed E-state index contributed by atoms with van der Waals surface area (Å²) in [7, 11) is 0. The molecule has 1 aliphatic heterocycles. The number of ketones is 1. The van der Waals surface area contributed by atoms with Crippen LogP contribution in [0.15, 0.2) is 30.3 Å². The maximum absolute atomic E-state index is 12.1. The van der Waals surface area contributed by atoms with Gasteiger partial charge >= 0.3 is 0 Å². The molecule has 1 aliphatic carbocycles.